The third-order valence-electron chi connectivity index (χ3n) is 3.74. The lowest BCUT2D eigenvalue weighted by Gasteiger charge is -2.26. The molecule has 3 aromatic rings. The van der Waals surface area contributed by atoms with Gasteiger partial charge in [-0.3, -0.25) is 9.88 Å². The second-order valence-corrected chi connectivity index (χ2v) is 5.14. The summed E-state index contributed by atoms with van der Waals surface area (Å²) in [4.78, 5) is 6.76. The van der Waals surface area contributed by atoms with Crippen molar-refractivity contribution in [2.24, 2.45) is 0 Å². The summed E-state index contributed by atoms with van der Waals surface area (Å²) >= 11 is 0. The Morgan fingerprint density at radius 2 is 2.05 bits per heavy atom. The summed E-state index contributed by atoms with van der Waals surface area (Å²) < 4.78 is 4.83. The number of hydrogen-bond acceptors (Lipinski definition) is 5. The maximum absolute atomic E-state index is 4.83. The summed E-state index contributed by atoms with van der Waals surface area (Å²) in [6, 6.07) is 12.3. The summed E-state index contributed by atoms with van der Waals surface area (Å²) in [5.41, 5.74) is 3.84. The Kier molecular flexibility index (Phi) is 3.92. The molecule has 0 aliphatic rings. The molecule has 3 rings (SSSR count). The van der Waals surface area contributed by atoms with Crippen LogP contribution in [0.1, 0.15) is 30.6 Å². The second kappa shape index (κ2) is 6.01. The minimum Gasteiger partial charge on any atom is -0.293 e. The predicted octanol–water partition coefficient (Wildman–Crippen LogP) is 3.20. The van der Waals surface area contributed by atoms with Gasteiger partial charge in [0.25, 0.3) is 0 Å². The zero-order valence-electron chi connectivity index (χ0n) is 12.2. The molecule has 0 fully saturated rings. The van der Waals surface area contributed by atoms with E-state index < -0.39 is 0 Å². The second-order valence-electron chi connectivity index (χ2n) is 5.14. The van der Waals surface area contributed by atoms with Crippen LogP contribution in [0.4, 0.5) is 0 Å². The summed E-state index contributed by atoms with van der Waals surface area (Å²) in [7, 11) is 2.11. The van der Waals surface area contributed by atoms with E-state index >= 15 is 0 Å². The van der Waals surface area contributed by atoms with Crippen molar-refractivity contribution in [3.8, 4) is 0 Å². The highest BCUT2D eigenvalue weighted by molar-refractivity contribution is 5.76. The molecule has 0 spiro atoms. The Balaban J connectivity index is 1.85. The first-order valence-corrected chi connectivity index (χ1v) is 7.11. The topological polar surface area (TPSA) is 55.1 Å². The van der Waals surface area contributed by atoms with Gasteiger partial charge in [-0.1, -0.05) is 25.1 Å². The predicted molar refractivity (Wildman–Crippen MR) is 80.5 cm³/mol. The highest BCUT2D eigenvalue weighted by Crippen LogP contribution is 2.24. The van der Waals surface area contributed by atoms with E-state index in [4.69, 9.17) is 4.63 Å². The van der Waals surface area contributed by atoms with Crippen LogP contribution in [0.25, 0.3) is 11.0 Å². The zero-order valence-corrected chi connectivity index (χ0v) is 12.2. The minimum atomic E-state index is 0.279. The van der Waals surface area contributed by atoms with Gasteiger partial charge in [0.1, 0.15) is 11.0 Å². The largest absolute Gasteiger partial charge is 0.293 e. The molecule has 21 heavy (non-hydrogen) atoms. The lowest BCUT2D eigenvalue weighted by molar-refractivity contribution is 0.226. The highest BCUT2D eigenvalue weighted by atomic mass is 16.6. The number of pyridine rings is 1. The van der Waals surface area contributed by atoms with E-state index in [0.29, 0.717) is 0 Å². The first kappa shape index (κ1) is 13.7. The van der Waals surface area contributed by atoms with Crippen LogP contribution in [0.5, 0.6) is 0 Å². The third-order valence-corrected chi connectivity index (χ3v) is 3.74. The number of nitrogens with zero attached hydrogens (tertiary/aromatic N) is 4. The van der Waals surface area contributed by atoms with Crippen LogP contribution in [-0.2, 0) is 6.54 Å². The van der Waals surface area contributed by atoms with Crippen molar-refractivity contribution in [2.45, 2.75) is 25.9 Å². The van der Waals surface area contributed by atoms with E-state index in [2.05, 4.69) is 46.3 Å². The quantitative estimate of drug-likeness (QED) is 0.719. The molecular formula is C16H18N4O. The zero-order chi connectivity index (χ0) is 14.7. The van der Waals surface area contributed by atoms with Crippen LogP contribution in [0.15, 0.2) is 47.2 Å². The van der Waals surface area contributed by atoms with Crippen LogP contribution in [0.2, 0.25) is 0 Å². The first-order chi connectivity index (χ1) is 10.3. The average Bonchev–Trinajstić information content (AvgIpc) is 2.99. The van der Waals surface area contributed by atoms with Crippen molar-refractivity contribution in [1.82, 2.24) is 20.2 Å². The van der Waals surface area contributed by atoms with E-state index in [9.17, 15) is 0 Å². The summed E-state index contributed by atoms with van der Waals surface area (Å²) in [6.45, 7) is 2.95. The summed E-state index contributed by atoms with van der Waals surface area (Å²) in [6.07, 6.45) is 2.84. The van der Waals surface area contributed by atoms with Crippen LogP contribution in [0, 0.1) is 0 Å². The molecule has 0 bridgehead atoms. The molecule has 1 atom stereocenters. The van der Waals surface area contributed by atoms with Crippen molar-refractivity contribution < 1.29 is 4.63 Å². The van der Waals surface area contributed by atoms with Crippen LogP contribution in [-0.4, -0.2) is 27.2 Å². The van der Waals surface area contributed by atoms with E-state index in [1.165, 1.54) is 0 Å². The molecule has 2 heterocycles. The smallest absolute Gasteiger partial charge is 0.139 e. The number of rotatable bonds is 5. The number of hydrogen-bond donors (Lipinski definition) is 0. The third kappa shape index (κ3) is 2.78. The molecule has 0 N–H and O–H groups in total. The Bertz CT molecular complexity index is 710. The lowest BCUT2D eigenvalue weighted by atomic mass is 10.1. The molecule has 108 valence electrons. The normalized spacial score (nSPS) is 12.9. The molecule has 0 radical (unpaired) electrons. The van der Waals surface area contributed by atoms with Gasteiger partial charge in [-0.15, -0.1) is 0 Å². The molecular weight excluding hydrogens is 264 g/mol. The fourth-order valence-electron chi connectivity index (χ4n) is 2.69. The van der Waals surface area contributed by atoms with E-state index in [-0.39, 0.29) is 6.04 Å². The molecule has 0 saturated heterocycles. The monoisotopic (exact) mass is 282 g/mol. The minimum absolute atomic E-state index is 0.279. The number of benzene rings is 1. The van der Waals surface area contributed by atoms with Gasteiger partial charge >= 0.3 is 0 Å². The Labute approximate surface area is 123 Å². The van der Waals surface area contributed by atoms with Gasteiger partial charge in [0.2, 0.25) is 0 Å². The maximum Gasteiger partial charge on any atom is 0.139 e. The molecule has 2 aromatic heterocycles. The number of aromatic nitrogens is 3. The Morgan fingerprint density at radius 3 is 2.81 bits per heavy atom. The van der Waals surface area contributed by atoms with Gasteiger partial charge in [-0.25, -0.2) is 4.63 Å². The van der Waals surface area contributed by atoms with E-state index in [1.54, 1.807) is 0 Å². The number of fused-ring (bicyclic) bond motifs is 1. The highest BCUT2D eigenvalue weighted by Gasteiger charge is 2.18. The summed E-state index contributed by atoms with van der Waals surface area (Å²) in [5.74, 6) is 0. The van der Waals surface area contributed by atoms with Crippen molar-refractivity contribution >= 4 is 11.0 Å². The fourth-order valence-corrected chi connectivity index (χ4v) is 2.69. The van der Waals surface area contributed by atoms with Crippen molar-refractivity contribution in [3.63, 3.8) is 0 Å². The SMILES string of the molecule is CCC(c1ccccn1)N(C)Cc1cccc2nonc12. The Morgan fingerprint density at radius 1 is 1.14 bits per heavy atom. The summed E-state index contributed by atoms with van der Waals surface area (Å²) in [5, 5.41) is 7.89. The fraction of sp³-hybridized carbons (Fsp3) is 0.312. The molecule has 1 aromatic carbocycles. The standard InChI is InChI=1S/C16H18N4O/c1-3-15(13-8-4-5-10-17-13)20(2)11-12-7-6-9-14-16(12)19-21-18-14/h4-10,15H,3,11H2,1-2H3. The molecule has 5 heteroatoms. The van der Waals surface area contributed by atoms with Gasteiger partial charge in [0, 0.05) is 12.7 Å². The van der Waals surface area contributed by atoms with Crippen LogP contribution in [0.3, 0.4) is 0 Å². The maximum atomic E-state index is 4.83. The van der Waals surface area contributed by atoms with Gasteiger partial charge in [0.15, 0.2) is 0 Å². The van der Waals surface area contributed by atoms with E-state index in [1.807, 2.05) is 30.5 Å². The molecule has 1 unspecified atom stereocenters. The first-order valence-electron chi connectivity index (χ1n) is 7.11. The van der Waals surface area contributed by atoms with Crippen molar-refractivity contribution in [2.75, 3.05) is 7.05 Å². The molecule has 0 aliphatic heterocycles. The molecule has 0 aliphatic carbocycles. The van der Waals surface area contributed by atoms with Crippen molar-refractivity contribution in [1.29, 1.82) is 0 Å². The Hall–Kier alpha value is -2.27. The molecule has 0 amide bonds. The molecule has 0 saturated carbocycles. The van der Waals surface area contributed by atoms with Crippen LogP contribution >= 0.6 is 0 Å². The van der Waals surface area contributed by atoms with Gasteiger partial charge < -0.3 is 0 Å². The van der Waals surface area contributed by atoms with Gasteiger partial charge in [0.05, 0.1) is 11.7 Å². The van der Waals surface area contributed by atoms with Gasteiger partial charge in [-0.05, 0) is 47.5 Å². The lowest BCUT2D eigenvalue weighted by Crippen LogP contribution is -2.24. The van der Waals surface area contributed by atoms with Gasteiger partial charge in [-0.2, -0.15) is 0 Å². The van der Waals surface area contributed by atoms with Crippen molar-refractivity contribution in [3.05, 3.63) is 53.9 Å². The van der Waals surface area contributed by atoms with Crippen LogP contribution < -0.4 is 0 Å². The van der Waals surface area contributed by atoms with E-state index in [0.717, 1.165) is 35.3 Å². The molecule has 5 nitrogen and oxygen atoms in total. The average molecular weight is 282 g/mol.